The first-order valence-corrected chi connectivity index (χ1v) is 6.28. The molecule has 0 unspecified atom stereocenters. The number of methoxy groups -OCH3 is 1. The molecule has 1 aromatic heterocycles. The zero-order valence-electron chi connectivity index (χ0n) is 12.1. The first-order chi connectivity index (χ1) is 8.97. The molecule has 0 spiro atoms. The Bertz CT molecular complexity index is 621. The van der Waals surface area contributed by atoms with Crippen molar-refractivity contribution in [2.24, 2.45) is 7.05 Å². The van der Waals surface area contributed by atoms with Gasteiger partial charge in [-0.3, -0.25) is 4.79 Å². The summed E-state index contributed by atoms with van der Waals surface area (Å²) in [4.78, 5) is 11.8. The number of ketones is 1. The van der Waals surface area contributed by atoms with Crippen LogP contribution in [0.25, 0.3) is 11.3 Å². The molecular formula is C16H19NO2. The quantitative estimate of drug-likeness (QED) is 0.788. The number of benzene rings is 1. The Labute approximate surface area is 113 Å². The third-order valence-electron chi connectivity index (χ3n) is 3.65. The van der Waals surface area contributed by atoms with E-state index in [1.807, 2.05) is 45.2 Å². The van der Waals surface area contributed by atoms with Crippen LogP contribution in [-0.4, -0.2) is 17.5 Å². The molecule has 0 atom stereocenters. The molecule has 0 saturated heterocycles. The number of hydrogen-bond acceptors (Lipinski definition) is 2. The van der Waals surface area contributed by atoms with E-state index in [4.69, 9.17) is 4.74 Å². The van der Waals surface area contributed by atoms with Crippen molar-refractivity contribution in [2.75, 3.05) is 7.11 Å². The van der Waals surface area contributed by atoms with E-state index in [1.165, 1.54) is 0 Å². The molecule has 1 aromatic carbocycles. The summed E-state index contributed by atoms with van der Waals surface area (Å²) in [5.74, 6) is 0.949. The third kappa shape index (κ3) is 2.16. The SMILES string of the molecule is COc1ccc(-c2c(C)c(C(C)=O)c(C)n2C)cc1. The van der Waals surface area contributed by atoms with Crippen LogP contribution in [-0.2, 0) is 7.05 Å². The minimum atomic E-state index is 0.116. The molecule has 100 valence electrons. The molecule has 0 fully saturated rings. The molecule has 3 heteroatoms. The van der Waals surface area contributed by atoms with Gasteiger partial charge in [-0.15, -0.1) is 0 Å². The van der Waals surface area contributed by atoms with Crippen molar-refractivity contribution < 1.29 is 9.53 Å². The molecule has 3 nitrogen and oxygen atoms in total. The number of carbonyl (C=O) groups is 1. The van der Waals surface area contributed by atoms with E-state index < -0.39 is 0 Å². The fraction of sp³-hybridized carbons (Fsp3) is 0.312. The summed E-state index contributed by atoms with van der Waals surface area (Å²) in [5, 5.41) is 0. The average molecular weight is 257 g/mol. The number of rotatable bonds is 3. The highest BCUT2D eigenvalue weighted by Gasteiger charge is 2.19. The predicted octanol–water partition coefficient (Wildman–Crippen LogP) is 3.52. The van der Waals surface area contributed by atoms with Crippen LogP contribution in [0.1, 0.15) is 28.5 Å². The lowest BCUT2D eigenvalue weighted by atomic mass is 10.0. The van der Waals surface area contributed by atoms with Crippen LogP contribution in [0.3, 0.4) is 0 Å². The van der Waals surface area contributed by atoms with Crippen molar-refractivity contribution in [1.82, 2.24) is 4.57 Å². The molecule has 0 bridgehead atoms. The van der Waals surface area contributed by atoms with E-state index in [9.17, 15) is 4.79 Å². The van der Waals surface area contributed by atoms with E-state index >= 15 is 0 Å². The Morgan fingerprint density at radius 1 is 1.16 bits per heavy atom. The lowest BCUT2D eigenvalue weighted by Gasteiger charge is -2.07. The van der Waals surface area contributed by atoms with Crippen LogP contribution in [0.5, 0.6) is 5.75 Å². The van der Waals surface area contributed by atoms with Crippen LogP contribution in [0.4, 0.5) is 0 Å². The largest absolute Gasteiger partial charge is 0.497 e. The normalized spacial score (nSPS) is 10.6. The van der Waals surface area contributed by atoms with Crippen LogP contribution >= 0.6 is 0 Å². The van der Waals surface area contributed by atoms with Crippen LogP contribution in [0.15, 0.2) is 24.3 Å². The van der Waals surface area contributed by atoms with Gasteiger partial charge in [0, 0.05) is 18.3 Å². The second-order valence-electron chi connectivity index (χ2n) is 4.78. The van der Waals surface area contributed by atoms with Gasteiger partial charge >= 0.3 is 0 Å². The van der Waals surface area contributed by atoms with E-state index in [0.29, 0.717) is 0 Å². The van der Waals surface area contributed by atoms with Crippen molar-refractivity contribution in [3.63, 3.8) is 0 Å². The zero-order valence-corrected chi connectivity index (χ0v) is 12.1. The van der Waals surface area contributed by atoms with Crippen molar-refractivity contribution in [3.8, 4) is 17.0 Å². The van der Waals surface area contributed by atoms with Crippen molar-refractivity contribution in [3.05, 3.63) is 41.1 Å². The summed E-state index contributed by atoms with van der Waals surface area (Å²) in [6.07, 6.45) is 0. The standard InChI is InChI=1S/C16H19NO2/c1-10-15(12(3)18)11(2)17(4)16(10)13-6-8-14(19-5)9-7-13/h6-9H,1-5H3. The maximum Gasteiger partial charge on any atom is 0.161 e. The fourth-order valence-electron chi connectivity index (χ4n) is 2.65. The van der Waals surface area contributed by atoms with Crippen molar-refractivity contribution >= 4 is 5.78 Å². The molecule has 0 aliphatic rings. The molecule has 0 amide bonds. The molecule has 1 heterocycles. The molecule has 0 saturated carbocycles. The van der Waals surface area contributed by atoms with Crippen molar-refractivity contribution in [1.29, 1.82) is 0 Å². The molecule has 2 aromatic rings. The van der Waals surface area contributed by atoms with E-state index in [2.05, 4.69) is 4.57 Å². The van der Waals surface area contributed by atoms with E-state index in [1.54, 1.807) is 14.0 Å². The highest BCUT2D eigenvalue weighted by atomic mass is 16.5. The molecular weight excluding hydrogens is 238 g/mol. The Morgan fingerprint density at radius 3 is 2.16 bits per heavy atom. The second-order valence-corrected chi connectivity index (χ2v) is 4.78. The fourth-order valence-corrected chi connectivity index (χ4v) is 2.65. The van der Waals surface area contributed by atoms with Crippen molar-refractivity contribution in [2.45, 2.75) is 20.8 Å². The smallest absolute Gasteiger partial charge is 0.161 e. The molecule has 0 aliphatic carbocycles. The summed E-state index contributed by atoms with van der Waals surface area (Å²) < 4.78 is 7.25. The van der Waals surface area contributed by atoms with Gasteiger partial charge in [0.05, 0.1) is 12.8 Å². The summed E-state index contributed by atoms with van der Waals surface area (Å²) in [5.41, 5.74) is 5.06. The Hall–Kier alpha value is -2.03. The molecule has 0 N–H and O–H groups in total. The zero-order chi connectivity index (χ0) is 14.2. The first-order valence-electron chi connectivity index (χ1n) is 6.28. The molecule has 2 rings (SSSR count). The van der Waals surface area contributed by atoms with Crippen LogP contribution in [0, 0.1) is 13.8 Å². The van der Waals surface area contributed by atoms with Gasteiger partial charge in [-0.25, -0.2) is 0 Å². The van der Waals surface area contributed by atoms with Gasteiger partial charge in [0.15, 0.2) is 5.78 Å². The number of nitrogens with zero attached hydrogens (tertiary/aromatic N) is 1. The van der Waals surface area contributed by atoms with Gasteiger partial charge in [0.25, 0.3) is 0 Å². The number of ether oxygens (including phenoxy) is 1. The molecule has 0 radical (unpaired) electrons. The van der Waals surface area contributed by atoms with Crippen LogP contribution in [0.2, 0.25) is 0 Å². The highest BCUT2D eigenvalue weighted by Crippen LogP contribution is 2.31. The number of aromatic nitrogens is 1. The highest BCUT2D eigenvalue weighted by molar-refractivity contribution is 5.98. The minimum absolute atomic E-state index is 0.116. The van der Waals surface area contributed by atoms with Gasteiger partial charge in [-0.1, -0.05) is 0 Å². The van der Waals surface area contributed by atoms with Crippen LogP contribution < -0.4 is 4.74 Å². The predicted molar refractivity (Wildman–Crippen MR) is 76.9 cm³/mol. The Morgan fingerprint density at radius 2 is 1.74 bits per heavy atom. The molecule has 0 aliphatic heterocycles. The topological polar surface area (TPSA) is 31.2 Å². The van der Waals surface area contributed by atoms with Gasteiger partial charge in [-0.05, 0) is 56.2 Å². The lowest BCUT2D eigenvalue weighted by Crippen LogP contribution is -1.97. The minimum Gasteiger partial charge on any atom is -0.497 e. The summed E-state index contributed by atoms with van der Waals surface area (Å²) >= 11 is 0. The average Bonchev–Trinajstić information content (AvgIpc) is 2.60. The van der Waals surface area contributed by atoms with Gasteiger partial charge < -0.3 is 9.30 Å². The summed E-state index contributed by atoms with van der Waals surface area (Å²) in [6.45, 7) is 5.60. The number of Topliss-reactive ketones (excluding diaryl/α,β-unsaturated/α-hetero) is 1. The monoisotopic (exact) mass is 257 g/mol. The van der Waals surface area contributed by atoms with Gasteiger partial charge in [0.1, 0.15) is 5.75 Å². The second kappa shape index (κ2) is 4.92. The number of hydrogen-bond donors (Lipinski definition) is 0. The van der Waals surface area contributed by atoms with Gasteiger partial charge in [0.2, 0.25) is 0 Å². The molecule has 19 heavy (non-hydrogen) atoms. The Balaban J connectivity index is 2.62. The maximum absolute atomic E-state index is 11.8. The summed E-state index contributed by atoms with van der Waals surface area (Å²) in [7, 11) is 3.65. The first kappa shape index (κ1) is 13.4. The third-order valence-corrected chi connectivity index (χ3v) is 3.65. The lowest BCUT2D eigenvalue weighted by molar-refractivity contribution is 0.101. The maximum atomic E-state index is 11.8. The van der Waals surface area contributed by atoms with Gasteiger partial charge in [-0.2, -0.15) is 0 Å². The van der Waals surface area contributed by atoms with E-state index in [-0.39, 0.29) is 5.78 Å². The summed E-state index contributed by atoms with van der Waals surface area (Å²) in [6, 6.07) is 7.91. The number of carbonyl (C=O) groups excluding carboxylic acids is 1. The van der Waals surface area contributed by atoms with E-state index in [0.717, 1.165) is 33.8 Å². The Kier molecular flexibility index (Phi) is 3.47.